The van der Waals surface area contributed by atoms with Crippen LogP contribution in [-0.2, 0) is 19.1 Å². The molecule has 2 aromatic heterocycles. The number of hydrogen-bond acceptors (Lipinski definition) is 5. The van der Waals surface area contributed by atoms with Crippen LogP contribution in [0, 0.1) is 12.7 Å². The maximum absolute atomic E-state index is 14.4. The van der Waals surface area contributed by atoms with Crippen molar-refractivity contribution < 1.29 is 107 Å². The molecule has 0 fully saturated rings. The Balaban J connectivity index is 1.23. The molecular formula is C38H27F21N6O3. The lowest BCUT2D eigenvalue weighted by Gasteiger charge is -2.42. The van der Waals surface area contributed by atoms with Crippen LogP contribution in [0.5, 0.6) is 0 Å². The van der Waals surface area contributed by atoms with Crippen LogP contribution < -0.4 is 16.0 Å². The number of aromatic nitrogens is 3. The minimum Gasteiger partial charge on any atom is -0.352 e. The number of benzene rings is 2. The number of alkyl halides is 20. The van der Waals surface area contributed by atoms with E-state index in [9.17, 15) is 107 Å². The van der Waals surface area contributed by atoms with E-state index in [1.165, 1.54) is 25.3 Å². The molecule has 1 atom stereocenters. The third kappa shape index (κ3) is 8.92. The molecule has 4 aromatic rings. The highest BCUT2D eigenvalue weighted by molar-refractivity contribution is 5.99. The first kappa shape index (κ1) is 53.0. The fourth-order valence-corrected chi connectivity index (χ4v) is 6.83. The number of rotatable bonds is 16. The zero-order chi connectivity index (χ0) is 51.6. The van der Waals surface area contributed by atoms with Gasteiger partial charge in [-0.25, -0.2) is 13.9 Å². The predicted molar refractivity (Wildman–Crippen MR) is 188 cm³/mol. The number of fused-ring (bicyclic) bond motifs is 2. The van der Waals surface area contributed by atoms with Gasteiger partial charge in [-0.3, -0.25) is 14.4 Å². The summed E-state index contributed by atoms with van der Waals surface area (Å²) in [5.74, 6) is -61.8. The Hall–Kier alpha value is -6.00. The van der Waals surface area contributed by atoms with Gasteiger partial charge in [-0.1, -0.05) is 12.1 Å². The molecule has 0 saturated carbocycles. The zero-order valence-corrected chi connectivity index (χ0v) is 33.4. The van der Waals surface area contributed by atoms with Gasteiger partial charge in [-0.2, -0.15) is 92.9 Å². The van der Waals surface area contributed by atoms with E-state index in [-0.39, 0.29) is 40.9 Å². The molecule has 5 rings (SSSR count). The summed E-state index contributed by atoms with van der Waals surface area (Å²) < 4.78 is 285. The zero-order valence-electron chi connectivity index (χ0n) is 33.4. The minimum atomic E-state index is -8.75. The summed E-state index contributed by atoms with van der Waals surface area (Å²) in [4.78, 5) is 43.6. The van der Waals surface area contributed by atoms with E-state index in [1.807, 2.05) is 5.32 Å². The Kier molecular flexibility index (Phi) is 13.6. The summed E-state index contributed by atoms with van der Waals surface area (Å²) in [6.45, 7) is -0.383. The van der Waals surface area contributed by atoms with E-state index in [4.69, 9.17) is 0 Å². The highest BCUT2D eigenvalue weighted by Gasteiger charge is 2.95. The first-order chi connectivity index (χ1) is 30.9. The molecular weight excluding hydrogens is 987 g/mol. The van der Waals surface area contributed by atoms with Gasteiger partial charge in [-0.05, 0) is 66.6 Å². The number of carbonyl (C=O) groups excluding carboxylic acids is 3. The summed E-state index contributed by atoms with van der Waals surface area (Å²) in [6, 6.07) is 5.89. The van der Waals surface area contributed by atoms with Crippen LogP contribution >= 0.6 is 0 Å². The number of halogens is 21. The summed E-state index contributed by atoms with van der Waals surface area (Å²) in [7, 11) is 0. The number of amides is 3. The second-order valence-electron chi connectivity index (χ2n) is 15.0. The molecule has 0 unspecified atom stereocenters. The standard InChI is InChI=1S/C38H27F21N6O3/c1-16-18-6-8-23(64-29(68)25-14-24(63-26-9-12-62-65(25)26)28(67)61-15-17-3-7-22(39)21(13-17)31(42,43)44)20(18)5-4-19(16)27(66)60-11-2-10-30(40,41)32(45,46)33(47,48)34(49,50)35(51,52)36(53,54)37(55,56)38(57,58)59/h3-5,7,9,12-14,23H,2,6,8,10-11,15H2,1H3,(H,60,66)(H,61,67)(H,64,68)/t23-/m0/s1. The smallest absolute Gasteiger partial charge is 0.352 e. The van der Waals surface area contributed by atoms with Crippen molar-refractivity contribution >= 4 is 23.4 Å². The lowest BCUT2D eigenvalue weighted by molar-refractivity contribution is -0.461. The van der Waals surface area contributed by atoms with E-state index in [1.54, 1.807) is 0 Å². The summed E-state index contributed by atoms with van der Waals surface area (Å²) in [5.41, 5.74) is -1.74. The van der Waals surface area contributed by atoms with Crippen molar-refractivity contribution in [3.8, 4) is 0 Å². The normalized spacial score (nSPS) is 15.6. The molecule has 0 spiro atoms. The van der Waals surface area contributed by atoms with E-state index in [0.29, 0.717) is 23.3 Å². The van der Waals surface area contributed by atoms with Crippen molar-refractivity contribution in [1.82, 2.24) is 30.5 Å². The Bertz CT molecular complexity index is 2590. The van der Waals surface area contributed by atoms with Crippen molar-refractivity contribution in [1.29, 1.82) is 0 Å². The monoisotopic (exact) mass is 1010 g/mol. The first-order valence-electron chi connectivity index (χ1n) is 18.8. The average molecular weight is 1010 g/mol. The van der Waals surface area contributed by atoms with E-state index >= 15 is 0 Å². The molecule has 68 heavy (non-hydrogen) atoms. The number of nitrogens with one attached hydrogen (secondary N) is 3. The van der Waals surface area contributed by atoms with Gasteiger partial charge in [0, 0.05) is 37.2 Å². The molecule has 9 nitrogen and oxygen atoms in total. The summed E-state index contributed by atoms with van der Waals surface area (Å²) in [6.07, 6.45) is -15.7. The Morgan fingerprint density at radius 1 is 0.691 bits per heavy atom. The molecule has 374 valence electrons. The molecule has 2 heterocycles. The largest absolute Gasteiger partial charge is 0.460 e. The maximum Gasteiger partial charge on any atom is 0.460 e. The lowest BCUT2D eigenvalue weighted by Crippen LogP contribution is -2.74. The van der Waals surface area contributed by atoms with Crippen molar-refractivity contribution in [2.45, 2.75) is 99.0 Å². The van der Waals surface area contributed by atoms with Crippen molar-refractivity contribution in [3.05, 3.63) is 99.2 Å². The highest BCUT2D eigenvalue weighted by atomic mass is 19.4. The molecule has 1 aliphatic rings. The predicted octanol–water partition coefficient (Wildman–Crippen LogP) is 10.1. The third-order valence-electron chi connectivity index (χ3n) is 10.6. The lowest BCUT2D eigenvalue weighted by atomic mass is 9.88. The van der Waals surface area contributed by atoms with Crippen LogP contribution in [0.4, 0.5) is 92.2 Å². The molecule has 2 aromatic carbocycles. The highest BCUT2D eigenvalue weighted by Crippen LogP contribution is 2.64. The summed E-state index contributed by atoms with van der Waals surface area (Å²) >= 11 is 0. The molecule has 3 amide bonds. The molecule has 0 saturated heterocycles. The van der Waals surface area contributed by atoms with Gasteiger partial charge in [0.2, 0.25) is 0 Å². The van der Waals surface area contributed by atoms with Gasteiger partial charge in [0.25, 0.3) is 17.7 Å². The number of hydrogen-bond donors (Lipinski definition) is 3. The van der Waals surface area contributed by atoms with Gasteiger partial charge in [0.05, 0.1) is 17.8 Å². The maximum atomic E-state index is 14.4. The van der Waals surface area contributed by atoms with Crippen molar-refractivity contribution in [2.24, 2.45) is 0 Å². The molecule has 1 aliphatic carbocycles. The third-order valence-corrected chi connectivity index (χ3v) is 10.6. The fourth-order valence-electron chi connectivity index (χ4n) is 6.83. The van der Waals surface area contributed by atoms with Gasteiger partial charge >= 0.3 is 53.8 Å². The Morgan fingerprint density at radius 3 is 1.87 bits per heavy atom. The van der Waals surface area contributed by atoms with Crippen LogP contribution in [-0.4, -0.2) is 86.5 Å². The number of carbonyl (C=O) groups is 3. The Labute approximate surface area is 365 Å². The first-order valence-corrected chi connectivity index (χ1v) is 18.8. The Morgan fingerprint density at radius 2 is 1.28 bits per heavy atom. The SMILES string of the molecule is Cc1c(C(=O)NCCCC(F)(F)C(F)(F)C(F)(F)C(F)(F)C(F)(F)C(F)(F)C(F)(F)C(F)(F)F)ccc2c1CC[C@@H]2NC(=O)c1cc(C(=O)NCc2ccc(F)c(C(F)(F)F)c2)nc2ccnn12. The van der Waals surface area contributed by atoms with Crippen LogP contribution in [0.3, 0.4) is 0 Å². The fraction of sp³-hybridized carbons (Fsp3) is 0.447. The van der Waals surface area contributed by atoms with E-state index in [2.05, 4.69) is 20.7 Å². The minimum absolute atomic E-state index is 0.0378. The number of nitrogens with zero attached hydrogens (tertiary/aromatic N) is 3. The van der Waals surface area contributed by atoms with Crippen LogP contribution in [0.1, 0.15) is 84.5 Å². The summed E-state index contributed by atoms with van der Waals surface area (Å²) in [5, 5.41) is 10.8. The second-order valence-corrected chi connectivity index (χ2v) is 15.0. The molecule has 0 radical (unpaired) electrons. The quantitative estimate of drug-likeness (QED) is 0.0764. The van der Waals surface area contributed by atoms with Gasteiger partial charge < -0.3 is 16.0 Å². The second kappa shape index (κ2) is 17.5. The molecule has 3 N–H and O–H groups in total. The average Bonchev–Trinajstić information content (AvgIpc) is 3.88. The topological polar surface area (TPSA) is 117 Å². The van der Waals surface area contributed by atoms with E-state index in [0.717, 1.165) is 22.7 Å². The van der Waals surface area contributed by atoms with Crippen LogP contribution in [0.15, 0.2) is 48.7 Å². The van der Waals surface area contributed by atoms with Gasteiger partial charge in [0.1, 0.15) is 17.2 Å². The van der Waals surface area contributed by atoms with Crippen molar-refractivity contribution in [2.75, 3.05) is 6.54 Å². The molecule has 30 heteroatoms. The van der Waals surface area contributed by atoms with Gasteiger partial charge in [0.15, 0.2) is 5.65 Å². The molecule has 0 bridgehead atoms. The van der Waals surface area contributed by atoms with Crippen molar-refractivity contribution in [3.63, 3.8) is 0 Å². The van der Waals surface area contributed by atoms with Crippen LogP contribution in [0.2, 0.25) is 0 Å². The van der Waals surface area contributed by atoms with Gasteiger partial charge in [-0.15, -0.1) is 0 Å². The molecule has 0 aliphatic heterocycles. The van der Waals surface area contributed by atoms with Crippen LogP contribution in [0.25, 0.3) is 5.65 Å². The van der Waals surface area contributed by atoms with E-state index < -0.39 is 121 Å².